The van der Waals surface area contributed by atoms with Gasteiger partial charge in [-0.05, 0) is 122 Å². The number of para-hydroxylation sites is 2. The second-order valence-corrected chi connectivity index (χ2v) is 13.6. The smallest absolute Gasteiger partial charge is 0.135 e. The average molecular weight is 649 g/mol. The highest BCUT2D eigenvalue weighted by Gasteiger charge is 2.29. The zero-order valence-electron chi connectivity index (χ0n) is 28.2. The number of aromatic nitrogens is 3. The molecule has 4 aromatic heterocycles. The topological polar surface area (TPSA) is 61.9 Å². The van der Waals surface area contributed by atoms with Crippen LogP contribution in [0.25, 0.3) is 83.4 Å². The van der Waals surface area contributed by atoms with Gasteiger partial charge >= 0.3 is 0 Å². The molecule has 1 aliphatic carbocycles. The number of benzene rings is 5. The predicted molar refractivity (Wildman–Crippen MR) is 209 cm³/mol. The molecule has 0 saturated heterocycles. The van der Waals surface area contributed by atoms with Crippen molar-refractivity contribution in [1.82, 2.24) is 14.1 Å². The molecule has 242 valence electrons. The number of hydrogen-bond donors (Lipinski definition) is 1. The van der Waals surface area contributed by atoms with E-state index >= 15 is 0 Å². The minimum Gasteiger partial charge on any atom is -0.456 e. The molecule has 4 heterocycles. The van der Waals surface area contributed by atoms with Crippen molar-refractivity contribution in [3.8, 4) is 22.5 Å². The number of nitrogens with two attached hydrogens (primary N) is 1. The molecule has 2 N–H and O–H groups in total. The molecule has 1 fully saturated rings. The van der Waals surface area contributed by atoms with Crippen LogP contribution in [-0.2, 0) is 0 Å². The third-order valence-corrected chi connectivity index (χ3v) is 11.0. The molecule has 5 nitrogen and oxygen atoms in total. The van der Waals surface area contributed by atoms with Gasteiger partial charge in [0.1, 0.15) is 11.2 Å². The molecule has 0 bridgehead atoms. The first-order valence-electron chi connectivity index (χ1n) is 17.6. The van der Waals surface area contributed by atoms with Crippen LogP contribution in [0.3, 0.4) is 0 Å². The van der Waals surface area contributed by atoms with Crippen LogP contribution >= 0.6 is 0 Å². The quantitative estimate of drug-likeness (QED) is 0.202. The Bertz CT molecular complexity index is 2830. The number of aryl methyl sites for hydroxylation is 1. The van der Waals surface area contributed by atoms with Crippen molar-refractivity contribution >= 4 is 66.5 Å². The number of hydrogen-bond acceptors (Lipinski definition) is 3. The lowest BCUT2D eigenvalue weighted by molar-refractivity contribution is 0.423. The van der Waals surface area contributed by atoms with Crippen LogP contribution in [0.4, 0.5) is 5.69 Å². The second-order valence-electron chi connectivity index (χ2n) is 13.6. The highest BCUT2D eigenvalue weighted by atomic mass is 16.3. The minimum absolute atomic E-state index is 0.468. The largest absolute Gasteiger partial charge is 0.456 e. The van der Waals surface area contributed by atoms with Crippen molar-refractivity contribution in [3.63, 3.8) is 0 Å². The van der Waals surface area contributed by atoms with E-state index in [0.29, 0.717) is 5.92 Å². The van der Waals surface area contributed by atoms with Gasteiger partial charge in [-0.25, -0.2) is 0 Å². The Labute approximate surface area is 289 Å². The van der Waals surface area contributed by atoms with Crippen molar-refractivity contribution in [2.45, 2.75) is 39.0 Å². The summed E-state index contributed by atoms with van der Waals surface area (Å²) in [5, 5.41) is 4.61. The van der Waals surface area contributed by atoms with Crippen molar-refractivity contribution in [3.05, 3.63) is 138 Å². The van der Waals surface area contributed by atoms with Gasteiger partial charge in [-0.2, -0.15) is 0 Å². The molecule has 1 saturated carbocycles. The third kappa shape index (κ3) is 4.04. The van der Waals surface area contributed by atoms with Gasteiger partial charge in [0.05, 0.1) is 33.4 Å². The Balaban J connectivity index is 1.25. The molecule has 10 rings (SSSR count). The summed E-state index contributed by atoms with van der Waals surface area (Å²) < 4.78 is 10.9. The van der Waals surface area contributed by atoms with Gasteiger partial charge < -0.3 is 19.3 Å². The predicted octanol–water partition coefficient (Wildman–Crippen LogP) is 11.9. The van der Waals surface area contributed by atoms with E-state index in [1.54, 1.807) is 0 Å². The molecule has 0 aliphatic heterocycles. The monoisotopic (exact) mass is 648 g/mol. The standard InChI is InChI=1S/C45H36N4O/c1-3-11-37-44(46)41-27(2)31(20-22-35(41)48(37)29-14-5-4-6-15-29)33-21-23-36-43(42(33)28-12-9-13-28)45-38(17-10-25-47-45)49(36)30-19-24-40-34(26-30)32-16-7-8-18-39(32)50-40/h3-8,10-11,14-26,28H,9,12-13,46H2,1-2H3/b11-3-. The number of furan rings is 1. The van der Waals surface area contributed by atoms with Crippen LogP contribution in [0.15, 0.2) is 126 Å². The highest BCUT2D eigenvalue weighted by molar-refractivity contribution is 6.13. The van der Waals surface area contributed by atoms with Gasteiger partial charge in [0.2, 0.25) is 0 Å². The molecule has 5 heteroatoms. The first kappa shape index (κ1) is 28.9. The van der Waals surface area contributed by atoms with Crippen LogP contribution in [-0.4, -0.2) is 14.1 Å². The lowest BCUT2D eigenvalue weighted by Crippen LogP contribution is -2.11. The Morgan fingerprint density at radius 2 is 1.48 bits per heavy atom. The zero-order chi connectivity index (χ0) is 33.5. The Hall–Kier alpha value is -6.07. The minimum atomic E-state index is 0.468. The van der Waals surface area contributed by atoms with Gasteiger partial charge in [0.15, 0.2) is 0 Å². The van der Waals surface area contributed by atoms with Crippen molar-refractivity contribution in [2.24, 2.45) is 0 Å². The lowest BCUT2D eigenvalue weighted by atomic mass is 9.75. The summed E-state index contributed by atoms with van der Waals surface area (Å²) in [6.07, 6.45) is 9.73. The van der Waals surface area contributed by atoms with Crippen molar-refractivity contribution < 1.29 is 4.42 Å². The molecule has 0 radical (unpaired) electrons. The van der Waals surface area contributed by atoms with Gasteiger partial charge in [0, 0.05) is 39.1 Å². The fourth-order valence-corrected chi connectivity index (χ4v) is 8.50. The molecular formula is C45H36N4O. The average Bonchev–Trinajstić information content (AvgIpc) is 3.76. The van der Waals surface area contributed by atoms with Crippen LogP contribution in [0.5, 0.6) is 0 Å². The molecule has 5 aromatic carbocycles. The fraction of sp³-hybridized carbons (Fsp3) is 0.133. The summed E-state index contributed by atoms with van der Waals surface area (Å²) in [6, 6.07) is 38.8. The summed E-state index contributed by atoms with van der Waals surface area (Å²) in [6.45, 7) is 4.29. The van der Waals surface area contributed by atoms with Crippen LogP contribution in [0.1, 0.15) is 48.9 Å². The maximum atomic E-state index is 7.05. The highest BCUT2D eigenvalue weighted by Crippen LogP contribution is 2.49. The number of nitrogens with zero attached hydrogens (tertiary/aromatic N) is 3. The molecule has 50 heavy (non-hydrogen) atoms. The Morgan fingerprint density at radius 1 is 0.720 bits per heavy atom. The van der Waals surface area contributed by atoms with E-state index in [9.17, 15) is 0 Å². The maximum Gasteiger partial charge on any atom is 0.135 e. The number of anilines is 1. The molecule has 0 unspecified atom stereocenters. The van der Waals surface area contributed by atoms with E-state index < -0.39 is 0 Å². The summed E-state index contributed by atoms with van der Waals surface area (Å²) in [5.41, 5.74) is 22.5. The second kappa shape index (κ2) is 11.0. The van der Waals surface area contributed by atoms with Gasteiger partial charge in [-0.1, -0.05) is 61.0 Å². The lowest BCUT2D eigenvalue weighted by Gasteiger charge is -2.29. The molecule has 0 amide bonds. The third-order valence-electron chi connectivity index (χ3n) is 11.0. The van der Waals surface area contributed by atoms with Gasteiger partial charge in [-0.15, -0.1) is 0 Å². The number of allylic oxidation sites excluding steroid dienone is 1. The molecule has 0 atom stereocenters. The normalized spacial score (nSPS) is 13.9. The number of pyridine rings is 1. The summed E-state index contributed by atoms with van der Waals surface area (Å²) >= 11 is 0. The van der Waals surface area contributed by atoms with E-state index in [1.807, 2.05) is 31.3 Å². The summed E-state index contributed by atoms with van der Waals surface area (Å²) in [7, 11) is 0. The van der Waals surface area contributed by atoms with Gasteiger partial charge in [0.25, 0.3) is 0 Å². The SMILES string of the molecule is C/C=C\c1c(N)c2c(C)c(-c3ccc4c(c3C3CCC3)c3ncccc3n4-c3ccc4oc5ccccc5c4c3)ccc2n1-c1ccccc1. The van der Waals surface area contributed by atoms with Crippen LogP contribution in [0, 0.1) is 6.92 Å². The Morgan fingerprint density at radius 3 is 2.28 bits per heavy atom. The molecule has 9 aromatic rings. The van der Waals surface area contributed by atoms with Crippen LogP contribution < -0.4 is 5.73 Å². The van der Waals surface area contributed by atoms with Gasteiger partial charge in [-0.3, -0.25) is 4.98 Å². The van der Waals surface area contributed by atoms with E-state index in [4.69, 9.17) is 15.1 Å². The number of nitrogen functional groups attached to an aromatic ring is 1. The van der Waals surface area contributed by atoms with E-state index in [-0.39, 0.29) is 0 Å². The molecular weight excluding hydrogens is 613 g/mol. The maximum absolute atomic E-state index is 7.05. The fourth-order valence-electron chi connectivity index (χ4n) is 8.50. The van der Waals surface area contributed by atoms with Crippen molar-refractivity contribution in [1.29, 1.82) is 0 Å². The number of rotatable bonds is 5. The number of fused-ring (bicyclic) bond motifs is 7. The molecule has 1 aliphatic rings. The first-order chi connectivity index (χ1) is 24.6. The zero-order valence-corrected chi connectivity index (χ0v) is 28.2. The summed E-state index contributed by atoms with van der Waals surface area (Å²) in [5.74, 6) is 0.468. The molecule has 0 spiro atoms. The van der Waals surface area contributed by atoms with E-state index in [1.165, 1.54) is 52.4 Å². The van der Waals surface area contributed by atoms with Crippen LogP contribution in [0.2, 0.25) is 0 Å². The first-order valence-corrected chi connectivity index (χ1v) is 17.6. The summed E-state index contributed by atoms with van der Waals surface area (Å²) in [4.78, 5) is 5.08. The Kier molecular flexibility index (Phi) is 6.34. The van der Waals surface area contributed by atoms with E-state index in [2.05, 4.69) is 119 Å². The van der Waals surface area contributed by atoms with Crippen molar-refractivity contribution in [2.75, 3.05) is 5.73 Å². The van der Waals surface area contributed by atoms with E-state index in [0.717, 1.165) is 66.6 Å².